The van der Waals surface area contributed by atoms with Gasteiger partial charge in [-0.15, -0.1) is 0 Å². The van der Waals surface area contributed by atoms with E-state index in [4.69, 9.17) is 14.3 Å². The average Bonchev–Trinajstić information content (AvgIpc) is 3.10. The Bertz CT molecular complexity index is 923. The fourth-order valence-electron chi connectivity index (χ4n) is 2.88. The number of methoxy groups -OCH3 is 1. The van der Waals surface area contributed by atoms with Crippen molar-refractivity contribution < 1.29 is 19.1 Å². The molecule has 1 heterocycles. The fraction of sp³-hybridized carbons (Fsp3) is 0.190. The Balaban J connectivity index is 1.92. The van der Waals surface area contributed by atoms with Crippen molar-refractivity contribution in [1.29, 1.82) is 0 Å². The van der Waals surface area contributed by atoms with Gasteiger partial charge in [0.15, 0.2) is 0 Å². The second-order valence-electron chi connectivity index (χ2n) is 6.17. The molecule has 5 nitrogen and oxygen atoms in total. The van der Waals surface area contributed by atoms with Crippen LogP contribution >= 0.6 is 0 Å². The second-order valence-corrected chi connectivity index (χ2v) is 6.17. The van der Waals surface area contributed by atoms with Crippen molar-refractivity contribution in [2.45, 2.75) is 20.5 Å². The first kappa shape index (κ1) is 17.8. The van der Waals surface area contributed by atoms with Crippen molar-refractivity contribution in [1.82, 2.24) is 0 Å². The summed E-state index contributed by atoms with van der Waals surface area (Å²) < 4.78 is 10.9. The Morgan fingerprint density at radius 3 is 2.42 bits per heavy atom. The van der Waals surface area contributed by atoms with Crippen LogP contribution in [0, 0.1) is 13.8 Å². The molecule has 0 radical (unpaired) electrons. The maximum atomic E-state index is 12.7. The molecule has 0 unspecified atom stereocenters. The molecule has 134 valence electrons. The smallest absolute Gasteiger partial charge is 0.255 e. The monoisotopic (exact) mass is 351 g/mol. The largest absolute Gasteiger partial charge is 0.495 e. The van der Waals surface area contributed by atoms with Crippen LogP contribution in [0.2, 0.25) is 0 Å². The number of amides is 1. The van der Waals surface area contributed by atoms with E-state index in [1.807, 2.05) is 38.1 Å². The Morgan fingerprint density at radius 2 is 1.81 bits per heavy atom. The van der Waals surface area contributed by atoms with Crippen molar-refractivity contribution in [3.8, 4) is 17.1 Å². The standard InChI is InChI=1S/C21H21NO4/c1-13-8-14(2)10-16(9-13)21(24)22-18-11-15(4-6-20(18)25-3)19-7-5-17(12-23)26-19/h4-11,23H,12H2,1-3H3,(H,22,24). The minimum absolute atomic E-state index is 0.160. The molecule has 0 saturated heterocycles. The van der Waals surface area contributed by atoms with Crippen LogP contribution in [-0.2, 0) is 6.61 Å². The van der Waals surface area contributed by atoms with Gasteiger partial charge in [0.25, 0.3) is 5.91 Å². The molecule has 0 atom stereocenters. The number of aliphatic hydroxyl groups excluding tert-OH is 1. The second kappa shape index (κ2) is 7.45. The minimum atomic E-state index is -0.206. The van der Waals surface area contributed by atoms with Gasteiger partial charge < -0.3 is 19.6 Å². The van der Waals surface area contributed by atoms with Gasteiger partial charge in [0.1, 0.15) is 23.9 Å². The summed E-state index contributed by atoms with van der Waals surface area (Å²) in [6.07, 6.45) is 0. The van der Waals surface area contributed by atoms with Gasteiger partial charge in [-0.25, -0.2) is 0 Å². The van der Waals surface area contributed by atoms with Gasteiger partial charge in [0, 0.05) is 11.1 Å². The summed E-state index contributed by atoms with van der Waals surface area (Å²) in [5, 5.41) is 12.1. The zero-order chi connectivity index (χ0) is 18.7. The van der Waals surface area contributed by atoms with Gasteiger partial charge in [-0.2, -0.15) is 0 Å². The molecule has 0 fully saturated rings. The van der Waals surface area contributed by atoms with E-state index in [0.717, 1.165) is 16.7 Å². The molecule has 3 rings (SSSR count). The SMILES string of the molecule is COc1ccc(-c2ccc(CO)o2)cc1NC(=O)c1cc(C)cc(C)c1. The van der Waals surface area contributed by atoms with Crippen LogP contribution in [0.5, 0.6) is 5.75 Å². The molecule has 5 heteroatoms. The van der Waals surface area contributed by atoms with Crippen LogP contribution in [0.3, 0.4) is 0 Å². The van der Waals surface area contributed by atoms with Crippen LogP contribution in [0.25, 0.3) is 11.3 Å². The van der Waals surface area contributed by atoms with Crippen molar-refractivity contribution >= 4 is 11.6 Å². The summed E-state index contributed by atoms with van der Waals surface area (Å²) in [5.41, 5.74) is 3.99. The van der Waals surface area contributed by atoms with E-state index in [1.54, 1.807) is 31.4 Å². The molecule has 26 heavy (non-hydrogen) atoms. The summed E-state index contributed by atoms with van der Waals surface area (Å²) in [7, 11) is 1.55. The lowest BCUT2D eigenvalue weighted by atomic mass is 10.1. The lowest BCUT2D eigenvalue weighted by Crippen LogP contribution is -2.13. The topological polar surface area (TPSA) is 71.7 Å². The minimum Gasteiger partial charge on any atom is -0.495 e. The van der Waals surface area contributed by atoms with Crippen molar-refractivity contribution in [2.24, 2.45) is 0 Å². The molecule has 0 bridgehead atoms. The van der Waals surface area contributed by atoms with Gasteiger partial charge in [-0.05, 0) is 56.3 Å². The Hall–Kier alpha value is -3.05. The summed E-state index contributed by atoms with van der Waals surface area (Å²) in [4.78, 5) is 12.7. The van der Waals surface area contributed by atoms with Gasteiger partial charge in [-0.1, -0.05) is 17.2 Å². The average molecular weight is 351 g/mol. The molecule has 1 amide bonds. The molecular weight excluding hydrogens is 330 g/mol. The molecule has 1 aromatic heterocycles. The van der Waals surface area contributed by atoms with E-state index < -0.39 is 0 Å². The van der Waals surface area contributed by atoms with Gasteiger partial charge in [0.05, 0.1) is 12.8 Å². The summed E-state index contributed by atoms with van der Waals surface area (Å²) in [6, 6.07) is 14.6. The van der Waals surface area contributed by atoms with Gasteiger partial charge >= 0.3 is 0 Å². The predicted octanol–water partition coefficient (Wildman–Crippen LogP) is 4.32. The molecule has 2 aromatic carbocycles. The van der Waals surface area contributed by atoms with Crippen LogP contribution in [0.15, 0.2) is 52.9 Å². The Kier molecular flexibility index (Phi) is 5.09. The maximum Gasteiger partial charge on any atom is 0.255 e. The number of ether oxygens (including phenoxy) is 1. The number of anilines is 1. The number of aryl methyl sites for hydroxylation is 2. The quantitative estimate of drug-likeness (QED) is 0.718. The number of aliphatic hydroxyl groups is 1. The Labute approximate surface area is 152 Å². The summed E-state index contributed by atoms with van der Waals surface area (Å²) in [6.45, 7) is 3.76. The van der Waals surface area contributed by atoms with Crippen molar-refractivity contribution in [3.63, 3.8) is 0 Å². The number of carbonyl (C=O) groups excluding carboxylic acids is 1. The third-order valence-electron chi connectivity index (χ3n) is 4.03. The van der Waals surface area contributed by atoms with E-state index in [1.165, 1.54) is 0 Å². The number of hydrogen-bond donors (Lipinski definition) is 2. The molecule has 3 aromatic rings. The zero-order valence-corrected chi connectivity index (χ0v) is 15.0. The van der Waals surface area contributed by atoms with Crippen LogP contribution < -0.4 is 10.1 Å². The van der Waals surface area contributed by atoms with Gasteiger partial charge in [0.2, 0.25) is 0 Å². The lowest BCUT2D eigenvalue weighted by Gasteiger charge is -2.12. The highest BCUT2D eigenvalue weighted by Gasteiger charge is 2.13. The Morgan fingerprint density at radius 1 is 1.08 bits per heavy atom. The molecule has 0 aliphatic rings. The third-order valence-corrected chi connectivity index (χ3v) is 4.03. The van der Waals surface area contributed by atoms with Crippen molar-refractivity contribution in [2.75, 3.05) is 12.4 Å². The first-order chi connectivity index (χ1) is 12.5. The van der Waals surface area contributed by atoms with E-state index in [9.17, 15) is 4.79 Å². The normalized spacial score (nSPS) is 10.6. The van der Waals surface area contributed by atoms with E-state index in [-0.39, 0.29) is 12.5 Å². The van der Waals surface area contributed by atoms with E-state index in [2.05, 4.69) is 5.32 Å². The van der Waals surface area contributed by atoms with E-state index in [0.29, 0.717) is 28.5 Å². The number of nitrogens with one attached hydrogen (secondary N) is 1. The lowest BCUT2D eigenvalue weighted by molar-refractivity contribution is 0.102. The number of carbonyl (C=O) groups is 1. The first-order valence-corrected chi connectivity index (χ1v) is 8.28. The molecule has 0 saturated carbocycles. The zero-order valence-electron chi connectivity index (χ0n) is 15.0. The van der Waals surface area contributed by atoms with E-state index >= 15 is 0 Å². The predicted molar refractivity (Wildman–Crippen MR) is 100 cm³/mol. The molecule has 0 aliphatic carbocycles. The van der Waals surface area contributed by atoms with Crippen LogP contribution in [0.1, 0.15) is 27.2 Å². The molecule has 2 N–H and O–H groups in total. The highest BCUT2D eigenvalue weighted by atomic mass is 16.5. The highest BCUT2D eigenvalue weighted by molar-refractivity contribution is 6.05. The molecule has 0 spiro atoms. The number of benzene rings is 2. The van der Waals surface area contributed by atoms with Crippen molar-refractivity contribution in [3.05, 3.63) is 71.0 Å². The summed E-state index contributed by atoms with van der Waals surface area (Å²) in [5.74, 6) is 1.44. The molecular formula is C21H21NO4. The number of furan rings is 1. The summed E-state index contributed by atoms with van der Waals surface area (Å²) >= 11 is 0. The highest BCUT2D eigenvalue weighted by Crippen LogP contribution is 2.32. The first-order valence-electron chi connectivity index (χ1n) is 8.28. The maximum absolute atomic E-state index is 12.7. The number of hydrogen-bond acceptors (Lipinski definition) is 4. The fourth-order valence-corrected chi connectivity index (χ4v) is 2.88. The van der Waals surface area contributed by atoms with Crippen LogP contribution in [0.4, 0.5) is 5.69 Å². The third kappa shape index (κ3) is 3.78. The molecule has 0 aliphatic heterocycles. The van der Waals surface area contributed by atoms with Gasteiger partial charge in [-0.3, -0.25) is 4.79 Å². The number of rotatable bonds is 5. The van der Waals surface area contributed by atoms with Crippen LogP contribution in [-0.4, -0.2) is 18.1 Å².